The Morgan fingerprint density at radius 3 is 1.42 bits per heavy atom. The highest BCUT2D eigenvalue weighted by Crippen LogP contribution is 2.21. The van der Waals surface area contributed by atoms with Crippen molar-refractivity contribution in [1.29, 1.82) is 0 Å². The van der Waals surface area contributed by atoms with Crippen molar-refractivity contribution in [2.24, 2.45) is 0 Å². The molecule has 14 heteroatoms. The molecular formula is C10H24Cl2N4O4S4. The molecule has 0 aliphatic rings. The van der Waals surface area contributed by atoms with Crippen LogP contribution in [0.3, 0.4) is 0 Å². The van der Waals surface area contributed by atoms with Crippen LogP contribution in [0.4, 0.5) is 0 Å². The van der Waals surface area contributed by atoms with Gasteiger partial charge in [0.1, 0.15) is 0 Å². The first kappa shape index (κ1) is 25.0. The molecule has 0 aromatic carbocycles. The van der Waals surface area contributed by atoms with E-state index in [1.807, 2.05) is 0 Å². The summed E-state index contributed by atoms with van der Waals surface area (Å²) in [5.74, 6) is 1.61. The van der Waals surface area contributed by atoms with Gasteiger partial charge in [-0.05, 0) is 0 Å². The van der Waals surface area contributed by atoms with Gasteiger partial charge in [-0.25, -0.2) is 9.44 Å². The summed E-state index contributed by atoms with van der Waals surface area (Å²) in [5.41, 5.74) is 0. The highest BCUT2D eigenvalue weighted by molar-refractivity contribution is 8.76. The molecule has 2 N–H and O–H groups in total. The molecule has 0 saturated heterocycles. The normalized spacial score (nSPS) is 13.1. The highest BCUT2D eigenvalue weighted by atomic mass is 35.5. The Hall–Kier alpha value is 1.02. The molecule has 0 aromatic heterocycles. The maximum atomic E-state index is 11.7. The Kier molecular flexibility index (Phi) is 13.8. The molecular weight excluding hydrogens is 439 g/mol. The number of nitrogens with zero attached hydrogens (tertiary/aromatic N) is 2. The largest absolute Gasteiger partial charge is 0.279 e. The third kappa shape index (κ3) is 10.9. The van der Waals surface area contributed by atoms with Crippen molar-refractivity contribution < 1.29 is 16.8 Å². The van der Waals surface area contributed by atoms with Gasteiger partial charge >= 0.3 is 0 Å². The van der Waals surface area contributed by atoms with E-state index in [0.29, 0.717) is 24.6 Å². The molecule has 0 amide bonds. The van der Waals surface area contributed by atoms with Crippen molar-refractivity contribution in [2.75, 3.05) is 63.5 Å². The summed E-state index contributed by atoms with van der Waals surface area (Å²) in [4.78, 5) is 0. The van der Waals surface area contributed by atoms with E-state index in [1.54, 1.807) is 0 Å². The number of hydrogen-bond donors (Lipinski definition) is 2. The van der Waals surface area contributed by atoms with E-state index < -0.39 is 20.4 Å². The lowest BCUT2D eigenvalue weighted by atomic mass is 10.8. The van der Waals surface area contributed by atoms with E-state index in [2.05, 4.69) is 9.44 Å². The molecule has 0 heterocycles. The minimum atomic E-state index is -3.49. The highest BCUT2D eigenvalue weighted by Gasteiger charge is 2.17. The van der Waals surface area contributed by atoms with Crippen LogP contribution < -0.4 is 9.44 Å². The van der Waals surface area contributed by atoms with E-state index in [9.17, 15) is 16.8 Å². The molecule has 0 atom stereocenters. The summed E-state index contributed by atoms with van der Waals surface area (Å²) >= 11 is 10.9. The van der Waals surface area contributed by atoms with Crippen molar-refractivity contribution in [1.82, 2.24) is 18.1 Å². The number of nitrogens with one attached hydrogen (secondary N) is 2. The zero-order chi connectivity index (χ0) is 18.6. The first-order chi connectivity index (χ1) is 11.2. The van der Waals surface area contributed by atoms with Crippen LogP contribution in [0.25, 0.3) is 0 Å². The molecule has 0 rings (SSSR count). The summed E-state index contributed by atoms with van der Waals surface area (Å²) in [5, 5.41) is 0. The zero-order valence-corrected chi connectivity index (χ0v) is 18.4. The second-order valence-electron chi connectivity index (χ2n) is 4.46. The Morgan fingerprint density at radius 1 is 0.792 bits per heavy atom. The summed E-state index contributed by atoms with van der Waals surface area (Å²) in [7, 11) is -1.02. The third-order valence-electron chi connectivity index (χ3n) is 2.64. The standard InChI is InChI=1S/C10H24Cl2N4O4S4/c1-15(23(17,18)13-5-3-11)7-9-21-22-10-8-16(2)24(19,20)14-6-4-12/h13-14H,3-10H2,1-2H3. The fourth-order valence-corrected chi connectivity index (χ4v) is 5.80. The quantitative estimate of drug-likeness (QED) is 0.207. The molecule has 0 bridgehead atoms. The average Bonchev–Trinajstić information content (AvgIpc) is 2.53. The van der Waals surface area contributed by atoms with Crippen LogP contribution >= 0.6 is 44.8 Å². The van der Waals surface area contributed by atoms with Gasteiger partial charge in [0, 0.05) is 63.5 Å². The van der Waals surface area contributed by atoms with Crippen molar-refractivity contribution in [3.05, 3.63) is 0 Å². The van der Waals surface area contributed by atoms with Gasteiger partial charge in [-0.3, -0.25) is 0 Å². The number of alkyl halides is 2. The lowest BCUT2D eigenvalue weighted by Gasteiger charge is -2.18. The smallest absolute Gasteiger partial charge is 0.201 e. The zero-order valence-electron chi connectivity index (χ0n) is 13.6. The van der Waals surface area contributed by atoms with Crippen molar-refractivity contribution in [3.8, 4) is 0 Å². The first-order valence-electron chi connectivity index (χ1n) is 6.95. The molecule has 8 nitrogen and oxygen atoms in total. The summed E-state index contributed by atoms with van der Waals surface area (Å²) in [6, 6.07) is 0. The van der Waals surface area contributed by atoms with E-state index in [1.165, 1.54) is 44.3 Å². The molecule has 0 fully saturated rings. The number of rotatable bonds is 15. The van der Waals surface area contributed by atoms with Crippen molar-refractivity contribution >= 4 is 65.2 Å². The van der Waals surface area contributed by atoms with Crippen molar-refractivity contribution in [2.45, 2.75) is 0 Å². The Labute approximate surface area is 163 Å². The van der Waals surface area contributed by atoms with Crippen LogP contribution in [-0.2, 0) is 20.4 Å². The monoisotopic (exact) mass is 462 g/mol. The van der Waals surface area contributed by atoms with Crippen LogP contribution in [0.5, 0.6) is 0 Å². The summed E-state index contributed by atoms with van der Waals surface area (Å²) < 4.78 is 54.2. The second kappa shape index (κ2) is 13.2. The van der Waals surface area contributed by atoms with E-state index >= 15 is 0 Å². The number of hydrogen-bond acceptors (Lipinski definition) is 6. The van der Waals surface area contributed by atoms with E-state index in [-0.39, 0.29) is 24.8 Å². The topological polar surface area (TPSA) is 98.8 Å². The maximum absolute atomic E-state index is 11.7. The van der Waals surface area contributed by atoms with E-state index in [0.717, 1.165) is 0 Å². The Bertz CT molecular complexity index is 487. The predicted molar refractivity (Wildman–Crippen MR) is 105 cm³/mol. The van der Waals surface area contributed by atoms with Crippen LogP contribution in [0.1, 0.15) is 0 Å². The SMILES string of the molecule is CN(CCSSCCN(C)S(=O)(=O)NCCCl)S(=O)(=O)NCCCl. The fraction of sp³-hybridized carbons (Fsp3) is 1.00. The van der Waals surface area contributed by atoms with E-state index in [4.69, 9.17) is 23.2 Å². The van der Waals surface area contributed by atoms with Crippen molar-refractivity contribution in [3.63, 3.8) is 0 Å². The predicted octanol–water partition coefficient (Wildman–Crippen LogP) is 0.378. The van der Waals surface area contributed by atoms with Gasteiger partial charge in [0.15, 0.2) is 0 Å². The minimum Gasteiger partial charge on any atom is -0.201 e. The molecule has 0 aliphatic carbocycles. The lowest BCUT2D eigenvalue weighted by Crippen LogP contribution is -2.40. The summed E-state index contributed by atoms with van der Waals surface area (Å²) in [6.07, 6.45) is 0. The lowest BCUT2D eigenvalue weighted by molar-refractivity contribution is 0.476. The van der Waals surface area contributed by atoms with Gasteiger partial charge in [0.25, 0.3) is 20.4 Å². The second-order valence-corrected chi connectivity index (χ2v) is 11.6. The van der Waals surface area contributed by atoms with Gasteiger partial charge in [-0.2, -0.15) is 25.4 Å². The average molecular weight is 464 g/mol. The third-order valence-corrected chi connectivity index (χ3v) is 8.53. The molecule has 24 heavy (non-hydrogen) atoms. The minimum absolute atomic E-state index is 0.189. The van der Waals surface area contributed by atoms with Crippen LogP contribution in [0.15, 0.2) is 0 Å². The van der Waals surface area contributed by atoms with Gasteiger partial charge in [0.2, 0.25) is 0 Å². The van der Waals surface area contributed by atoms with Gasteiger partial charge < -0.3 is 0 Å². The molecule has 0 aromatic rings. The van der Waals surface area contributed by atoms with Gasteiger partial charge in [0.05, 0.1) is 0 Å². The molecule has 0 saturated carbocycles. The van der Waals surface area contributed by atoms with Gasteiger partial charge in [-0.15, -0.1) is 23.2 Å². The van der Waals surface area contributed by atoms with Crippen LogP contribution in [0.2, 0.25) is 0 Å². The molecule has 0 spiro atoms. The number of halogens is 2. The molecule has 0 radical (unpaired) electrons. The van der Waals surface area contributed by atoms with Crippen LogP contribution in [0, 0.1) is 0 Å². The first-order valence-corrected chi connectivity index (χ1v) is 13.4. The summed E-state index contributed by atoms with van der Waals surface area (Å²) in [6.45, 7) is 1.07. The maximum Gasteiger partial charge on any atom is 0.279 e. The Morgan fingerprint density at radius 2 is 1.12 bits per heavy atom. The molecule has 146 valence electrons. The Balaban J connectivity index is 3.91. The fourth-order valence-electron chi connectivity index (χ4n) is 1.25. The molecule has 0 aliphatic heterocycles. The van der Waals surface area contributed by atoms with Crippen LogP contribution in [-0.4, -0.2) is 89.0 Å². The molecule has 0 unspecified atom stereocenters. The van der Waals surface area contributed by atoms with Gasteiger partial charge in [-0.1, -0.05) is 21.6 Å².